The molecule has 2 bridgehead atoms. The molecule has 0 saturated carbocycles. The molecule has 1 aromatic carbocycles. The lowest BCUT2D eigenvalue weighted by molar-refractivity contribution is 0.0132. The molecule has 3 heterocycles. The predicted molar refractivity (Wildman–Crippen MR) is 124 cm³/mol. The molecule has 6 heteroatoms. The number of fused-ring (bicyclic) bond motifs is 6. The first-order valence-corrected chi connectivity index (χ1v) is 11.8. The van der Waals surface area contributed by atoms with E-state index in [1.54, 1.807) is 19.8 Å². The Morgan fingerprint density at radius 1 is 1.13 bits per heavy atom. The van der Waals surface area contributed by atoms with Gasteiger partial charge in [0.2, 0.25) is 0 Å². The van der Waals surface area contributed by atoms with Gasteiger partial charge in [0.15, 0.2) is 5.11 Å². The van der Waals surface area contributed by atoms with Crippen molar-refractivity contribution in [2.24, 2.45) is 11.8 Å². The second-order valence-corrected chi connectivity index (χ2v) is 9.58. The SMILES string of the molecule is COc1ccc(OC)c(NC(=S)N2CCCC3=CC4CC(CN5CCCC[C@H]45)[C@@H]32)c1. The van der Waals surface area contributed by atoms with Gasteiger partial charge in [0.05, 0.1) is 25.9 Å². The normalized spacial score (nSPS) is 30.6. The zero-order valence-electron chi connectivity index (χ0n) is 18.1. The number of nitrogens with one attached hydrogen (secondary N) is 1. The number of hydrogen-bond acceptors (Lipinski definition) is 4. The van der Waals surface area contributed by atoms with Gasteiger partial charge in [0.25, 0.3) is 0 Å². The summed E-state index contributed by atoms with van der Waals surface area (Å²) in [5, 5.41) is 4.28. The topological polar surface area (TPSA) is 37.0 Å². The molecule has 3 aliphatic heterocycles. The summed E-state index contributed by atoms with van der Waals surface area (Å²) in [6, 6.07) is 7.02. The van der Waals surface area contributed by atoms with E-state index in [0.717, 1.165) is 40.8 Å². The van der Waals surface area contributed by atoms with Crippen LogP contribution in [-0.4, -0.2) is 60.8 Å². The van der Waals surface area contributed by atoms with Crippen LogP contribution in [0.4, 0.5) is 5.69 Å². The Kier molecular flexibility index (Phi) is 5.63. The monoisotopic (exact) mass is 427 g/mol. The van der Waals surface area contributed by atoms with Gasteiger partial charge in [0.1, 0.15) is 11.5 Å². The lowest BCUT2D eigenvalue weighted by Gasteiger charge is -2.55. The minimum atomic E-state index is 0.439. The number of benzene rings is 1. The molecule has 1 aliphatic carbocycles. The van der Waals surface area contributed by atoms with Gasteiger partial charge in [-0.1, -0.05) is 18.1 Å². The van der Waals surface area contributed by atoms with Crippen LogP contribution >= 0.6 is 12.2 Å². The maximum Gasteiger partial charge on any atom is 0.174 e. The lowest BCUT2D eigenvalue weighted by Crippen LogP contribution is -2.60. The summed E-state index contributed by atoms with van der Waals surface area (Å²) in [4.78, 5) is 5.23. The maximum atomic E-state index is 5.95. The number of anilines is 1. The van der Waals surface area contributed by atoms with Crippen molar-refractivity contribution in [3.05, 3.63) is 29.8 Å². The van der Waals surface area contributed by atoms with Crippen molar-refractivity contribution in [3.63, 3.8) is 0 Å². The fourth-order valence-electron chi connectivity index (χ4n) is 6.30. The zero-order chi connectivity index (χ0) is 20.7. The van der Waals surface area contributed by atoms with Crippen LogP contribution in [0.25, 0.3) is 0 Å². The number of piperidine rings is 3. The van der Waals surface area contributed by atoms with Gasteiger partial charge in [-0.05, 0) is 74.8 Å². The highest BCUT2D eigenvalue weighted by molar-refractivity contribution is 7.80. The van der Waals surface area contributed by atoms with Crippen LogP contribution in [0.15, 0.2) is 29.8 Å². The fourth-order valence-corrected chi connectivity index (χ4v) is 6.61. The van der Waals surface area contributed by atoms with Crippen molar-refractivity contribution in [1.29, 1.82) is 0 Å². The van der Waals surface area contributed by atoms with Crippen molar-refractivity contribution >= 4 is 23.0 Å². The smallest absolute Gasteiger partial charge is 0.174 e. The Labute approximate surface area is 185 Å². The molecule has 1 aromatic rings. The summed E-state index contributed by atoms with van der Waals surface area (Å²) in [7, 11) is 3.37. The summed E-state index contributed by atoms with van der Waals surface area (Å²) in [6.45, 7) is 3.52. The standard InChI is InChI=1S/C24H33N3O2S/c1-28-19-8-9-22(29-2)20(14-19)25-24(30)27-11-5-6-16-12-17-13-18(23(16)27)15-26-10-4-3-7-21(17)26/h8-9,12,14,17-18,21,23H,3-7,10-11,13,15H2,1-2H3,(H,25,30)/t17?,18?,21-,23-/m1/s1. The molecule has 0 radical (unpaired) electrons. The van der Waals surface area contributed by atoms with Crippen molar-refractivity contribution in [2.75, 3.05) is 39.2 Å². The number of likely N-dealkylation sites (tertiary alicyclic amines) is 1. The molecule has 5 nitrogen and oxygen atoms in total. The molecule has 0 amide bonds. The highest BCUT2D eigenvalue weighted by Gasteiger charge is 2.46. The van der Waals surface area contributed by atoms with E-state index in [9.17, 15) is 0 Å². The molecule has 4 atom stereocenters. The molecule has 4 aliphatic rings. The average Bonchev–Trinajstić information content (AvgIpc) is 2.78. The largest absolute Gasteiger partial charge is 0.497 e. The summed E-state index contributed by atoms with van der Waals surface area (Å²) < 4.78 is 11.0. The lowest BCUT2D eigenvalue weighted by atomic mass is 9.68. The van der Waals surface area contributed by atoms with E-state index in [-0.39, 0.29) is 0 Å². The highest BCUT2D eigenvalue weighted by Crippen LogP contribution is 2.45. The van der Waals surface area contributed by atoms with E-state index in [2.05, 4.69) is 21.2 Å². The molecule has 0 spiro atoms. The van der Waals surface area contributed by atoms with Crippen LogP contribution in [-0.2, 0) is 0 Å². The van der Waals surface area contributed by atoms with Crippen molar-refractivity contribution < 1.29 is 9.47 Å². The first-order valence-electron chi connectivity index (χ1n) is 11.4. The highest BCUT2D eigenvalue weighted by atomic mass is 32.1. The molecular formula is C24H33N3O2S. The fraction of sp³-hybridized carbons (Fsp3) is 0.625. The van der Waals surface area contributed by atoms with Gasteiger partial charge in [-0.3, -0.25) is 4.90 Å². The van der Waals surface area contributed by atoms with Crippen molar-refractivity contribution in [2.45, 2.75) is 50.6 Å². The predicted octanol–water partition coefficient (Wildman–Crippen LogP) is 4.30. The third kappa shape index (κ3) is 3.58. The van der Waals surface area contributed by atoms with Crippen molar-refractivity contribution in [1.82, 2.24) is 9.80 Å². The molecular weight excluding hydrogens is 394 g/mol. The summed E-state index contributed by atoms with van der Waals surface area (Å²) in [5.41, 5.74) is 2.50. The van der Waals surface area contributed by atoms with E-state index in [0.29, 0.717) is 12.0 Å². The van der Waals surface area contributed by atoms with E-state index < -0.39 is 0 Å². The number of nitrogens with zero attached hydrogens (tertiary/aromatic N) is 2. The Bertz CT molecular complexity index is 842. The first-order chi connectivity index (χ1) is 14.7. The second-order valence-electron chi connectivity index (χ2n) is 9.20. The van der Waals surface area contributed by atoms with Crippen LogP contribution in [0.5, 0.6) is 11.5 Å². The number of rotatable bonds is 3. The Morgan fingerprint density at radius 3 is 2.87 bits per heavy atom. The Hall–Kier alpha value is -1.79. The van der Waals surface area contributed by atoms with Crippen LogP contribution in [0.1, 0.15) is 38.5 Å². The molecule has 3 fully saturated rings. The van der Waals surface area contributed by atoms with Crippen molar-refractivity contribution in [3.8, 4) is 11.5 Å². The number of hydrogen-bond donors (Lipinski definition) is 1. The minimum Gasteiger partial charge on any atom is -0.497 e. The molecule has 0 aromatic heterocycles. The molecule has 1 N–H and O–H groups in total. The van der Waals surface area contributed by atoms with Crippen LogP contribution in [0, 0.1) is 11.8 Å². The Balaban J connectivity index is 1.39. The maximum absolute atomic E-state index is 5.95. The molecule has 3 saturated heterocycles. The number of methoxy groups -OCH3 is 2. The zero-order valence-corrected chi connectivity index (χ0v) is 18.9. The molecule has 162 valence electrons. The quantitative estimate of drug-likeness (QED) is 0.573. The van der Waals surface area contributed by atoms with Gasteiger partial charge in [0, 0.05) is 25.2 Å². The van der Waals surface area contributed by atoms with E-state index in [1.165, 1.54) is 51.6 Å². The second kappa shape index (κ2) is 8.39. The van der Waals surface area contributed by atoms with Gasteiger partial charge in [-0.25, -0.2) is 0 Å². The van der Waals surface area contributed by atoms with Gasteiger partial charge in [-0.15, -0.1) is 0 Å². The van der Waals surface area contributed by atoms with Gasteiger partial charge in [-0.2, -0.15) is 0 Å². The molecule has 5 rings (SSSR count). The number of ether oxygens (including phenoxy) is 2. The van der Waals surface area contributed by atoms with Crippen LogP contribution in [0.3, 0.4) is 0 Å². The van der Waals surface area contributed by atoms with Crippen LogP contribution in [0.2, 0.25) is 0 Å². The minimum absolute atomic E-state index is 0.439. The third-order valence-corrected chi connectivity index (χ3v) is 7.90. The molecule has 2 unspecified atom stereocenters. The van der Waals surface area contributed by atoms with E-state index in [4.69, 9.17) is 21.7 Å². The average molecular weight is 428 g/mol. The summed E-state index contributed by atoms with van der Waals surface area (Å²) >= 11 is 5.95. The van der Waals surface area contributed by atoms with Gasteiger partial charge < -0.3 is 19.7 Å². The first kappa shape index (κ1) is 20.1. The Morgan fingerprint density at radius 2 is 2.03 bits per heavy atom. The van der Waals surface area contributed by atoms with Gasteiger partial charge >= 0.3 is 0 Å². The van der Waals surface area contributed by atoms with E-state index >= 15 is 0 Å². The molecule has 30 heavy (non-hydrogen) atoms. The number of thiocarbonyl (C=S) groups is 1. The van der Waals surface area contributed by atoms with E-state index in [1.807, 2.05) is 18.2 Å². The third-order valence-electron chi connectivity index (χ3n) is 7.57. The van der Waals surface area contributed by atoms with Crippen LogP contribution < -0.4 is 14.8 Å². The summed E-state index contributed by atoms with van der Waals surface area (Å²) in [6.07, 6.45) is 10.5. The summed E-state index contributed by atoms with van der Waals surface area (Å²) in [5.74, 6) is 3.00.